The number of hydrogen-bond acceptors (Lipinski definition) is 3. The highest BCUT2D eigenvalue weighted by atomic mass is 16.5. The molecule has 1 saturated carbocycles. The number of amides is 1. The highest BCUT2D eigenvalue weighted by Gasteiger charge is 2.23. The molecule has 116 valence electrons. The number of carbonyl (C=O) groups is 1. The third-order valence-corrected chi connectivity index (χ3v) is 4.00. The standard InChI is InChI=1S/C17H26N2O2/c1-19(2)12-14-8-10-16(11-9-14)18-17(20)21-13-15-6-4-3-5-7-15/h3-7,14,16H,8-13H2,1-2H3,(H,18,20)/t14-,16-. The van der Waals surface area contributed by atoms with E-state index in [1.54, 1.807) is 0 Å². The SMILES string of the molecule is CN(C)C[C@H]1CC[C@H](NC(=O)OCc2ccccc2)CC1. The first-order chi connectivity index (χ1) is 10.1. The van der Waals surface area contributed by atoms with Crippen molar-refractivity contribution in [3.63, 3.8) is 0 Å². The Morgan fingerprint density at radius 3 is 2.48 bits per heavy atom. The molecular formula is C17H26N2O2. The topological polar surface area (TPSA) is 41.6 Å². The van der Waals surface area contributed by atoms with Gasteiger partial charge < -0.3 is 15.0 Å². The van der Waals surface area contributed by atoms with Crippen LogP contribution in [0, 0.1) is 5.92 Å². The molecule has 1 aliphatic carbocycles. The van der Waals surface area contributed by atoms with Gasteiger partial charge in [0.1, 0.15) is 6.61 Å². The number of hydrogen-bond donors (Lipinski definition) is 1. The Labute approximate surface area is 127 Å². The lowest BCUT2D eigenvalue weighted by molar-refractivity contribution is 0.130. The number of ether oxygens (including phenoxy) is 1. The molecule has 1 fully saturated rings. The molecule has 2 rings (SSSR count). The summed E-state index contributed by atoms with van der Waals surface area (Å²) in [5, 5.41) is 2.99. The molecule has 1 N–H and O–H groups in total. The number of alkyl carbamates (subject to hydrolysis) is 1. The van der Waals surface area contributed by atoms with Crippen molar-refractivity contribution in [3.8, 4) is 0 Å². The molecule has 21 heavy (non-hydrogen) atoms. The summed E-state index contributed by atoms with van der Waals surface area (Å²) in [5.74, 6) is 0.762. The van der Waals surface area contributed by atoms with Crippen LogP contribution in [0.3, 0.4) is 0 Å². The van der Waals surface area contributed by atoms with Crippen molar-refractivity contribution in [1.82, 2.24) is 10.2 Å². The second-order valence-corrected chi connectivity index (χ2v) is 6.19. The maximum atomic E-state index is 11.8. The Hall–Kier alpha value is -1.55. The molecule has 0 atom stereocenters. The molecule has 0 heterocycles. The summed E-state index contributed by atoms with van der Waals surface area (Å²) in [5.41, 5.74) is 1.02. The lowest BCUT2D eigenvalue weighted by atomic mass is 9.86. The van der Waals surface area contributed by atoms with Crippen molar-refractivity contribution in [1.29, 1.82) is 0 Å². The van der Waals surface area contributed by atoms with E-state index in [4.69, 9.17) is 4.74 Å². The van der Waals surface area contributed by atoms with Crippen molar-refractivity contribution in [2.45, 2.75) is 38.3 Å². The van der Waals surface area contributed by atoms with Gasteiger partial charge in [0.2, 0.25) is 0 Å². The molecular weight excluding hydrogens is 264 g/mol. The molecule has 1 aromatic carbocycles. The lowest BCUT2D eigenvalue weighted by Crippen LogP contribution is -2.39. The van der Waals surface area contributed by atoms with Crippen molar-refractivity contribution in [3.05, 3.63) is 35.9 Å². The summed E-state index contributed by atoms with van der Waals surface area (Å²) < 4.78 is 5.26. The molecule has 0 unspecified atom stereocenters. The molecule has 0 aliphatic heterocycles. The highest BCUT2D eigenvalue weighted by Crippen LogP contribution is 2.24. The minimum Gasteiger partial charge on any atom is -0.445 e. The Bertz CT molecular complexity index is 426. The maximum Gasteiger partial charge on any atom is 0.407 e. The van der Waals surface area contributed by atoms with E-state index in [2.05, 4.69) is 24.3 Å². The van der Waals surface area contributed by atoms with Gasteiger partial charge in [-0.25, -0.2) is 4.79 Å². The van der Waals surface area contributed by atoms with Crippen LogP contribution in [0.2, 0.25) is 0 Å². The van der Waals surface area contributed by atoms with E-state index in [0.29, 0.717) is 6.61 Å². The average molecular weight is 290 g/mol. The molecule has 0 aromatic heterocycles. The summed E-state index contributed by atoms with van der Waals surface area (Å²) >= 11 is 0. The van der Waals surface area contributed by atoms with Crippen LogP contribution in [0.5, 0.6) is 0 Å². The fraction of sp³-hybridized carbons (Fsp3) is 0.588. The lowest BCUT2D eigenvalue weighted by Gasteiger charge is -2.30. The van der Waals surface area contributed by atoms with E-state index >= 15 is 0 Å². The van der Waals surface area contributed by atoms with E-state index in [-0.39, 0.29) is 12.1 Å². The Morgan fingerprint density at radius 2 is 1.86 bits per heavy atom. The second kappa shape index (κ2) is 8.03. The van der Waals surface area contributed by atoms with E-state index in [0.717, 1.165) is 30.9 Å². The zero-order valence-corrected chi connectivity index (χ0v) is 13.0. The predicted molar refractivity (Wildman–Crippen MR) is 84.1 cm³/mol. The predicted octanol–water partition coefficient (Wildman–Crippen LogP) is 3.03. The first-order valence-electron chi connectivity index (χ1n) is 7.75. The van der Waals surface area contributed by atoms with Gasteiger partial charge in [0.15, 0.2) is 0 Å². The normalized spacial score (nSPS) is 22.0. The molecule has 1 aromatic rings. The fourth-order valence-corrected chi connectivity index (χ4v) is 2.94. The zero-order valence-electron chi connectivity index (χ0n) is 13.0. The van der Waals surface area contributed by atoms with Crippen LogP contribution in [0.15, 0.2) is 30.3 Å². The first kappa shape index (κ1) is 15.8. The monoisotopic (exact) mass is 290 g/mol. The quantitative estimate of drug-likeness (QED) is 0.906. The largest absolute Gasteiger partial charge is 0.445 e. The number of carbonyl (C=O) groups excluding carboxylic acids is 1. The summed E-state index contributed by atoms with van der Waals surface area (Å²) in [7, 11) is 4.23. The molecule has 0 saturated heterocycles. The fourth-order valence-electron chi connectivity index (χ4n) is 2.94. The van der Waals surface area contributed by atoms with E-state index < -0.39 is 0 Å². The number of nitrogens with zero attached hydrogens (tertiary/aromatic N) is 1. The third-order valence-electron chi connectivity index (χ3n) is 4.00. The van der Waals surface area contributed by atoms with Gasteiger partial charge in [-0.1, -0.05) is 30.3 Å². The van der Waals surface area contributed by atoms with Gasteiger partial charge in [-0.15, -0.1) is 0 Å². The van der Waals surface area contributed by atoms with Gasteiger partial charge in [0.25, 0.3) is 0 Å². The minimum atomic E-state index is -0.296. The van der Waals surface area contributed by atoms with Crippen LogP contribution in [0.4, 0.5) is 4.79 Å². The van der Waals surface area contributed by atoms with Crippen LogP contribution in [-0.4, -0.2) is 37.7 Å². The molecule has 4 heteroatoms. The number of rotatable bonds is 5. The van der Waals surface area contributed by atoms with Crippen molar-refractivity contribution in [2.75, 3.05) is 20.6 Å². The maximum absolute atomic E-state index is 11.8. The molecule has 4 nitrogen and oxygen atoms in total. The summed E-state index contributed by atoms with van der Waals surface area (Å²) in [6.07, 6.45) is 4.18. The average Bonchev–Trinajstić information content (AvgIpc) is 2.48. The molecule has 1 aliphatic rings. The van der Waals surface area contributed by atoms with E-state index in [1.807, 2.05) is 30.3 Å². The van der Waals surface area contributed by atoms with Gasteiger partial charge in [0, 0.05) is 12.6 Å². The second-order valence-electron chi connectivity index (χ2n) is 6.19. The Morgan fingerprint density at radius 1 is 1.19 bits per heavy atom. The van der Waals surface area contributed by atoms with E-state index in [1.165, 1.54) is 12.8 Å². The van der Waals surface area contributed by atoms with Gasteiger partial charge in [-0.3, -0.25) is 0 Å². The van der Waals surface area contributed by atoms with Crippen LogP contribution in [0.25, 0.3) is 0 Å². The molecule has 0 radical (unpaired) electrons. The van der Waals surface area contributed by atoms with Crippen LogP contribution in [0.1, 0.15) is 31.2 Å². The van der Waals surface area contributed by atoms with Gasteiger partial charge in [0.05, 0.1) is 0 Å². The molecule has 1 amide bonds. The van der Waals surface area contributed by atoms with Crippen molar-refractivity contribution in [2.24, 2.45) is 5.92 Å². The molecule has 0 spiro atoms. The summed E-state index contributed by atoms with van der Waals surface area (Å²) in [4.78, 5) is 14.0. The third kappa shape index (κ3) is 5.76. The minimum absolute atomic E-state index is 0.270. The first-order valence-corrected chi connectivity index (χ1v) is 7.75. The Balaban J connectivity index is 1.65. The van der Waals surface area contributed by atoms with Crippen molar-refractivity contribution >= 4 is 6.09 Å². The van der Waals surface area contributed by atoms with Gasteiger partial charge >= 0.3 is 6.09 Å². The van der Waals surface area contributed by atoms with Crippen LogP contribution < -0.4 is 5.32 Å². The smallest absolute Gasteiger partial charge is 0.407 e. The van der Waals surface area contributed by atoms with Crippen LogP contribution in [-0.2, 0) is 11.3 Å². The van der Waals surface area contributed by atoms with Crippen molar-refractivity contribution < 1.29 is 9.53 Å². The highest BCUT2D eigenvalue weighted by molar-refractivity contribution is 5.67. The molecule has 0 bridgehead atoms. The zero-order chi connectivity index (χ0) is 15.1. The van der Waals surface area contributed by atoms with Gasteiger partial charge in [-0.05, 0) is 51.3 Å². The summed E-state index contributed by atoms with van der Waals surface area (Å²) in [6, 6.07) is 10.0. The Kier molecular flexibility index (Phi) is 6.05. The summed E-state index contributed by atoms with van der Waals surface area (Å²) in [6.45, 7) is 1.48. The number of benzene rings is 1. The van der Waals surface area contributed by atoms with Crippen LogP contribution >= 0.6 is 0 Å². The number of nitrogens with one attached hydrogen (secondary N) is 1. The van der Waals surface area contributed by atoms with Gasteiger partial charge in [-0.2, -0.15) is 0 Å². The van der Waals surface area contributed by atoms with E-state index in [9.17, 15) is 4.79 Å².